The van der Waals surface area contributed by atoms with Gasteiger partial charge in [-0.2, -0.15) is 0 Å². The van der Waals surface area contributed by atoms with Crippen LogP contribution in [0.5, 0.6) is 0 Å². The van der Waals surface area contributed by atoms with Crippen molar-refractivity contribution < 1.29 is 0 Å². The van der Waals surface area contributed by atoms with Gasteiger partial charge in [-0.15, -0.1) is 0 Å². The minimum absolute atomic E-state index is 1.11. The van der Waals surface area contributed by atoms with E-state index in [4.69, 9.17) is 0 Å². The molecule has 0 amide bonds. The highest BCUT2D eigenvalue weighted by molar-refractivity contribution is 6.14. The average Bonchev–Trinajstić information content (AvgIpc) is 3.02. The second-order valence-electron chi connectivity index (χ2n) is 10.2. The topological polar surface area (TPSA) is 3.24 Å². The first kappa shape index (κ1) is 23.3. The van der Waals surface area contributed by atoms with Crippen LogP contribution in [-0.2, 0) is 6.42 Å². The van der Waals surface area contributed by atoms with E-state index in [1.165, 1.54) is 49.5 Å². The predicted octanol–water partition coefficient (Wildman–Crippen LogP) is 10.7. The smallest absolute Gasteiger partial charge is 0.0546 e. The molecule has 0 atom stereocenters. The lowest BCUT2D eigenvalue weighted by molar-refractivity contribution is 0.986. The molecule has 0 radical (unpaired) electrons. The van der Waals surface area contributed by atoms with E-state index < -0.39 is 0 Å². The minimum atomic E-state index is 1.11. The summed E-state index contributed by atoms with van der Waals surface area (Å²) in [5.41, 5.74) is 9.86. The van der Waals surface area contributed by atoms with Crippen molar-refractivity contribution in [1.29, 1.82) is 0 Å². The number of hydrogen-bond acceptors (Lipinski definition) is 1. The second-order valence-corrected chi connectivity index (χ2v) is 10.2. The predicted molar refractivity (Wildman–Crippen MR) is 169 cm³/mol. The normalized spacial score (nSPS) is 12.4. The number of allylic oxidation sites excluding steroid dienone is 1. The Bertz CT molecular complexity index is 1860. The zero-order chi connectivity index (χ0) is 26.2. The third kappa shape index (κ3) is 4.13. The van der Waals surface area contributed by atoms with E-state index in [1.54, 1.807) is 0 Å². The summed E-state index contributed by atoms with van der Waals surface area (Å²) in [6.07, 6.45) is 8.70. The highest BCUT2D eigenvalue weighted by Gasteiger charge is 2.18. The van der Waals surface area contributed by atoms with Gasteiger partial charge in [0, 0.05) is 16.8 Å². The fourth-order valence-electron chi connectivity index (χ4n) is 5.92. The summed E-state index contributed by atoms with van der Waals surface area (Å²) < 4.78 is 0. The Hall–Kier alpha value is -4.88. The molecule has 0 heterocycles. The summed E-state index contributed by atoms with van der Waals surface area (Å²) in [4.78, 5) is 2.38. The van der Waals surface area contributed by atoms with Crippen molar-refractivity contribution in [3.05, 3.63) is 151 Å². The van der Waals surface area contributed by atoms with Crippen molar-refractivity contribution in [2.45, 2.75) is 12.8 Å². The molecule has 0 saturated carbocycles. The van der Waals surface area contributed by atoms with Crippen LogP contribution < -0.4 is 4.90 Å². The first-order chi connectivity index (χ1) is 19.3. The van der Waals surface area contributed by atoms with E-state index in [2.05, 4.69) is 145 Å². The lowest BCUT2D eigenvalue weighted by Gasteiger charge is -2.28. The van der Waals surface area contributed by atoms with E-state index in [9.17, 15) is 0 Å². The van der Waals surface area contributed by atoms with Gasteiger partial charge in [0.2, 0.25) is 0 Å². The molecule has 186 valence electrons. The Labute approximate surface area is 230 Å². The highest BCUT2D eigenvalue weighted by atomic mass is 15.1. The van der Waals surface area contributed by atoms with Crippen LogP contribution in [0.4, 0.5) is 17.1 Å². The monoisotopic (exact) mass is 499 g/mol. The summed E-state index contributed by atoms with van der Waals surface area (Å²) >= 11 is 0. The van der Waals surface area contributed by atoms with Crippen LogP contribution in [0.1, 0.15) is 23.1 Å². The van der Waals surface area contributed by atoms with Gasteiger partial charge in [0.1, 0.15) is 0 Å². The second kappa shape index (κ2) is 9.78. The molecule has 6 aromatic carbocycles. The summed E-state index contributed by atoms with van der Waals surface area (Å²) in [7, 11) is 0. The third-order valence-electron chi connectivity index (χ3n) is 7.87. The van der Waals surface area contributed by atoms with Crippen LogP contribution >= 0.6 is 0 Å². The van der Waals surface area contributed by atoms with Crippen molar-refractivity contribution >= 4 is 50.8 Å². The van der Waals surface area contributed by atoms with Crippen LogP contribution in [0.25, 0.3) is 44.8 Å². The molecule has 0 aliphatic heterocycles. The van der Waals surface area contributed by atoms with Gasteiger partial charge in [0.05, 0.1) is 5.69 Å². The molecule has 6 aromatic rings. The molecule has 7 rings (SSSR count). The van der Waals surface area contributed by atoms with Crippen molar-refractivity contribution in [2.75, 3.05) is 4.90 Å². The standard InChI is InChI=1S/C38H29N/c1-2-27-18-22-31(23-19-27)39(38-26-30-11-4-6-14-35(30)36-15-7-8-16-37(36)38)32-24-20-29(21-25-32)34-17-9-12-28-10-3-5-13-33(28)34/h2,4-9,11-26H,1,3,10H2. The van der Waals surface area contributed by atoms with Crippen molar-refractivity contribution in [3.63, 3.8) is 0 Å². The minimum Gasteiger partial charge on any atom is -0.310 e. The number of anilines is 3. The van der Waals surface area contributed by atoms with E-state index in [0.29, 0.717) is 0 Å². The van der Waals surface area contributed by atoms with E-state index in [0.717, 1.165) is 29.8 Å². The van der Waals surface area contributed by atoms with Crippen LogP contribution in [0, 0.1) is 0 Å². The molecule has 1 nitrogen and oxygen atoms in total. The number of rotatable bonds is 5. The van der Waals surface area contributed by atoms with Gasteiger partial charge < -0.3 is 4.90 Å². The molecule has 0 saturated heterocycles. The number of benzene rings is 6. The Kier molecular flexibility index (Phi) is 5.83. The molecule has 0 aromatic heterocycles. The van der Waals surface area contributed by atoms with Crippen molar-refractivity contribution in [1.82, 2.24) is 0 Å². The third-order valence-corrected chi connectivity index (χ3v) is 7.87. The molecule has 0 spiro atoms. The van der Waals surface area contributed by atoms with Crippen LogP contribution in [0.15, 0.2) is 134 Å². The van der Waals surface area contributed by atoms with Crippen molar-refractivity contribution in [2.24, 2.45) is 0 Å². The molecule has 0 fully saturated rings. The van der Waals surface area contributed by atoms with Gasteiger partial charge in [-0.25, -0.2) is 0 Å². The Morgan fingerprint density at radius 1 is 0.641 bits per heavy atom. The van der Waals surface area contributed by atoms with E-state index in [-0.39, 0.29) is 0 Å². The summed E-state index contributed by atoms with van der Waals surface area (Å²) in [6.45, 7) is 3.95. The maximum absolute atomic E-state index is 3.95. The van der Waals surface area contributed by atoms with Gasteiger partial charge in [0.25, 0.3) is 0 Å². The van der Waals surface area contributed by atoms with Crippen LogP contribution in [0.2, 0.25) is 0 Å². The maximum Gasteiger partial charge on any atom is 0.0546 e. The average molecular weight is 500 g/mol. The fraction of sp³-hybridized carbons (Fsp3) is 0.0526. The van der Waals surface area contributed by atoms with Gasteiger partial charge in [0.15, 0.2) is 0 Å². The molecule has 39 heavy (non-hydrogen) atoms. The first-order valence-electron chi connectivity index (χ1n) is 13.6. The first-order valence-corrected chi connectivity index (χ1v) is 13.6. The molecular weight excluding hydrogens is 470 g/mol. The highest BCUT2D eigenvalue weighted by Crippen LogP contribution is 2.42. The lowest BCUT2D eigenvalue weighted by atomic mass is 9.90. The molecule has 1 heteroatoms. The van der Waals surface area contributed by atoms with Crippen LogP contribution in [0.3, 0.4) is 0 Å². The van der Waals surface area contributed by atoms with Gasteiger partial charge >= 0.3 is 0 Å². The molecular formula is C38H29N. The van der Waals surface area contributed by atoms with Crippen molar-refractivity contribution in [3.8, 4) is 11.1 Å². The quantitative estimate of drug-likeness (QED) is 0.213. The van der Waals surface area contributed by atoms with Crippen LogP contribution in [-0.4, -0.2) is 0 Å². The summed E-state index contributed by atoms with van der Waals surface area (Å²) in [5.74, 6) is 0. The largest absolute Gasteiger partial charge is 0.310 e. The summed E-state index contributed by atoms with van der Waals surface area (Å²) in [6, 6.07) is 44.1. The Balaban J connectivity index is 1.42. The van der Waals surface area contributed by atoms with E-state index >= 15 is 0 Å². The molecule has 0 N–H and O–H groups in total. The Morgan fingerprint density at radius 3 is 2.10 bits per heavy atom. The lowest BCUT2D eigenvalue weighted by Crippen LogP contribution is -2.10. The Morgan fingerprint density at radius 2 is 1.33 bits per heavy atom. The molecule has 1 aliphatic rings. The molecule has 1 aliphatic carbocycles. The van der Waals surface area contributed by atoms with Gasteiger partial charge in [-0.05, 0) is 87.1 Å². The SMILES string of the molecule is C=Cc1ccc(N(c2ccc(-c3cccc4c3C=CCC4)cc2)c2cc3ccccc3c3ccccc23)cc1. The summed E-state index contributed by atoms with van der Waals surface area (Å²) in [5, 5.41) is 5.00. The fourth-order valence-corrected chi connectivity index (χ4v) is 5.92. The number of hydrogen-bond donors (Lipinski definition) is 0. The van der Waals surface area contributed by atoms with Gasteiger partial charge in [-0.3, -0.25) is 0 Å². The molecule has 0 bridgehead atoms. The molecule has 0 unspecified atom stereocenters. The van der Waals surface area contributed by atoms with E-state index in [1.807, 2.05) is 6.08 Å². The number of nitrogens with zero attached hydrogens (tertiary/aromatic N) is 1. The zero-order valence-corrected chi connectivity index (χ0v) is 21.8. The van der Waals surface area contributed by atoms with Gasteiger partial charge in [-0.1, -0.05) is 116 Å². The zero-order valence-electron chi connectivity index (χ0n) is 21.8. The number of fused-ring (bicyclic) bond motifs is 4. The maximum atomic E-state index is 3.95. The number of aryl methyl sites for hydroxylation is 1.